The van der Waals surface area contributed by atoms with Crippen LogP contribution in [-0.2, 0) is 28.0 Å². The molecule has 1 amide bonds. The van der Waals surface area contributed by atoms with Crippen LogP contribution in [0, 0.1) is 0 Å². The lowest BCUT2D eigenvalue weighted by Gasteiger charge is -2.22. The van der Waals surface area contributed by atoms with Gasteiger partial charge in [0.15, 0.2) is 0 Å². The molecule has 1 aliphatic heterocycles. The predicted octanol–water partition coefficient (Wildman–Crippen LogP) is 2.37. The van der Waals surface area contributed by atoms with Crippen LogP contribution >= 0.6 is 0 Å². The van der Waals surface area contributed by atoms with Crippen molar-refractivity contribution in [2.45, 2.75) is 32.4 Å². The van der Waals surface area contributed by atoms with Crippen molar-refractivity contribution < 1.29 is 17.9 Å². The van der Waals surface area contributed by atoms with Crippen LogP contribution < -0.4 is 9.88 Å². The highest BCUT2D eigenvalue weighted by molar-refractivity contribution is 7.89. The van der Waals surface area contributed by atoms with E-state index in [1.54, 1.807) is 0 Å². The van der Waals surface area contributed by atoms with Crippen molar-refractivity contribution in [2.24, 2.45) is 5.14 Å². The Labute approximate surface area is 184 Å². The van der Waals surface area contributed by atoms with E-state index in [4.69, 9.17) is 9.88 Å². The van der Waals surface area contributed by atoms with Crippen LogP contribution in [0.15, 0.2) is 54.6 Å². The Morgan fingerprint density at radius 3 is 2.39 bits per heavy atom. The zero-order valence-electron chi connectivity index (χ0n) is 17.8. The van der Waals surface area contributed by atoms with Gasteiger partial charge in [-0.1, -0.05) is 42.5 Å². The maximum Gasteiger partial charge on any atom is 0.222 e. The first-order valence-electron chi connectivity index (χ1n) is 10.7. The second-order valence-electron chi connectivity index (χ2n) is 7.90. The molecule has 8 heteroatoms. The molecule has 2 aromatic carbocycles. The molecule has 2 aromatic rings. The minimum absolute atomic E-state index is 0.00502. The van der Waals surface area contributed by atoms with E-state index >= 15 is 0 Å². The Balaban J connectivity index is 1.42. The third-order valence-electron chi connectivity index (χ3n) is 5.34. The fourth-order valence-corrected chi connectivity index (χ4v) is 4.20. The normalized spacial score (nSPS) is 15.5. The third kappa shape index (κ3) is 8.32. The largest absolute Gasteiger partial charge is 0.489 e. The Hall–Kier alpha value is -2.42. The number of sulfonamides is 1. The van der Waals surface area contributed by atoms with Crippen molar-refractivity contribution in [2.75, 3.05) is 31.9 Å². The van der Waals surface area contributed by atoms with Crippen molar-refractivity contribution in [3.05, 3.63) is 65.7 Å². The van der Waals surface area contributed by atoms with E-state index in [2.05, 4.69) is 17.0 Å². The van der Waals surface area contributed by atoms with Gasteiger partial charge in [-0.25, -0.2) is 13.6 Å². The Morgan fingerprint density at radius 2 is 1.68 bits per heavy atom. The van der Waals surface area contributed by atoms with Gasteiger partial charge in [-0.3, -0.25) is 9.69 Å². The second kappa shape index (κ2) is 11.3. The van der Waals surface area contributed by atoms with Gasteiger partial charge in [-0.2, -0.15) is 0 Å². The van der Waals surface area contributed by atoms with Gasteiger partial charge in [0.2, 0.25) is 15.9 Å². The number of nitrogens with two attached hydrogens (primary N) is 1. The number of rotatable bonds is 9. The number of carbonyl (C=O) groups is 1. The highest BCUT2D eigenvalue weighted by Gasteiger charge is 2.19. The number of carbonyl (C=O) groups excluding carboxylic acids is 1. The molecule has 0 unspecified atom stereocenters. The number of nitrogens with zero attached hydrogens (tertiary/aromatic N) is 2. The lowest BCUT2D eigenvalue weighted by atomic mass is 10.2. The average molecular weight is 446 g/mol. The van der Waals surface area contributed by atoms with Crippen molar-refractivity contribution in [3.8, 4) is 5.75 Å². The summed E-state index contributed by atoms with van der Waals surface area (Å²) in [7, 11) is -3.51. The van der Waals surface area contributed by atoms with Crippen molar-refractivity contribution in [1.82, 2.24) is 9.80 Å². The van der Waals surface area contributed by atoms with Crippen molar-refractivity contribution in [3.63, 3.8) is 0 Å². The SMILES string of the molecule is NS(=O)(=O)CCCC(=O)N1CCCN(Cc2ccc(OCc3ccccc3)cc2)CC1. The van der Waals surface area contributed by atoms with Crippen molar-refractivity contribution in [1.29, 1.82) is 0 Å². The summed E-state index contributed by atoms with van der Waals surface area (Å²) in [4.78, 5) is 16.5. The van der Waals surface area contributed by atoms with Gasteiger partial charge >= 0.3 is 0 Å². The number of amides is 1. The maximum absolute atomic E-state index is 12.4. The van der Waals surface area contributed by atoms with E-state index in [9.17, 15) is 13.2 Å². The number of ether oxygens (including phenoxy) is 1. The van der Waals surface area contributed by atoms with Gasteiger partial charge in [-0.15, -0.1) is 0 Å². The van der Waals surface area contributed by atoms with E-state index in [1.165, 1.54) is 5.56 Å². The summed E-state index contributed by atoms with van der Waals surface area (Å²) in [6.45, 7) is 4.46. The lowest BCUT2D eigenvalue weighted by molar-refractivity contribution is -0.131. The van der Waals surface area contributed by atoms with E-state index in [0.717, 1.165) is 37.4 Å². The first-order chi connectivity index (χ1) is 14.9. The summed E-state index contributed by atoms with van der Waals surface area (Å²) in [5, 5.41) is 5.00. The quantitative estimate of drug-likeness (QED) is 0.640. The first-order valence-corrected chi connectivity index (χ1v) is 12.4. The summed E-state index contributed by atoms with van der Waals surface area (Å²) in [5.74, 6) is 0.703. The molecule has 0 atom stereocenters. The molecule has 3 rings (SSSR count). The molecule has 0 bridgehead atoms. The van der Waals surface area contributed by atoms with Gasteiger partial charge in [0, 0.05) is 39.1 Å². The molecule has 31 heavy (non-hydrogen) atoms. The topological polar surface area (TPSA) is 92.9 Å². The maximum atomic E-state index is 12.4. The molecule has 1 saturated heterocycles. The minimum atomic E-state index is -3.51. The summed E-state index contributed by atoms with van der Waals surface area (Å²) in [6.07, 6.45) is 1.40. The molecule has 168 valence electrons. The van der Waals surface area contributed by atoms with Gasteiger partial charge < -0.3 is 9.64 Å². The van der Waals surface area contributed by atoms with E-state index in [0.29, 0.717) is 19.7 Å². The Morgan fingerprint density at radius 1 is 0.935 bits per heavy atom. The van der Waals surface area contributed by atoms with Gasteiger partial charge in [0.25, 0.3) is 0 Å². The Bertz CT molecular complexity index is 933. The molecule has 0 spiro atoms. The number of hydrogen-bond acceptors (Lipinski definition) is 5. The monoisotopic (exact) mass is 445 g/mol. The smallest absolute Gasteiger partial charge is 0.222 e. The third-order valence-corrected chi connectivity index (χ3v) is 6.20. The van der Waals surface area contributed by atoms with Crippen LogP contribution in [0.25, 0.3) is 0 Å². The molecule has 2 N–H and O–H groups in total. The molecule has 1 heterocycles. The number of primary sulfonamides is 1. The van der Waals surface area contributed by atoms with Crippen LogP contribution in [0.5, 0.6) is 5.75 Å². The molecule has 0 aliphatic carbocycles. The second-order valence-corrected chi connectivity index (χ2v) is 9.63. The molecule has 1 fully saturated rings. The number of benzene rings is 2. The van der Waals surface area contributed by atoms with E-state index < -0.39 is 10.0 Å². The minimum Gasteiger partial charge on any atom is -0.489 e. The highest BCUT2D eigenvalue weighted by Crippen LogP contribution is 2.16. The average Bonchev–Trinajstić information content (AvgIpc) is 2.99. The molecule has 0 saturated carbocycles. The zero-order chi connectivity index (χ0) is 22.1. The fourth-order valence-electron chi connectivity index (χ4n) is 3.65. The summed E-state index contributed by atoms with van der Waals surface area (Å²) < 4.78 is 27.9. The standard InChI is InChI=1S/C23H31N3O4S/c24-31(28,29)17-4-8-23(27)26-14-5-13-25(15-16-26)18-20-9-11-22(12-10-20)30-19-21-6-2-1-3-7-21/h1-3,6-7,9-12H,4-5,8,13-19H2,(H2,24,28,29). The summed E-state index contributed by atoms with van der Waals surface area (Å²) >= 11 is 0. The van der Waals surface area contributed by atoms with Crippen LogP contribution in [0.2, 0.25) is 0 Å². The van der Waals surface area contributed by atoms with Crippen LogP contribution in [0.1, 0.15) is 30.4 Å². The van der Waals surface area contributed by atoms with Crippen LogP contribution in [0.4, 0.5) is 0 Å². The first kappa shape index (κ1) is 23.2. The molecular weight excluding hydrogens is 414 g/mol. The fraction of sp³-hybridized carbons (Fsp3) is 0.435. The Kier molecular flexibility index (Phi) is 8.45. The van der Waals surface area contributed by atoms with E-state index in [1.807, 2.05) is 47.4 Å². The van der Waals surface area contributed by atoms with E-state index in [-0.39, 0.29) is 24.5 Å². The van der Waals surface area contributed by atoms with Gasteiger partial charge in [0.1, 0.15) is 12.4 Å². The highest BCUT2D eigenvalue weighted by atomic mass is 32.2. The van der Waals surface area contributed by atoms with Crippen LogP contribution in [0.3, 0.4) is 0 Å². The van der Waals surface area contributed by atoms with Gasteiger partial charge in [-0.05, 0) is 36.1 Å². The van der Waals surface area contributed by atoms with Crippen LogP contribution in [-0.4, -0.2) is 56.1 Å². The predicted molar refractivity (Wildman–Crippen MR) is 121 cm³/mol. The lowest BCUT2D eigenvalue weighted by Crippen LogP contribution is -2.35. The summed E-state index contributed by atoms with van der Waals surface area (Å²) in [6, 6.07) is 18.2. The zero-order valence-corrected chi connectivity index (χ0v) is 18.6. The molecular formula is C23H31N3O4S. The van der Waals surface area contributed by atoms with Gasteiger partial charge in [0.05, 0.1) is 5.75 Å². The molecule has 0 radical (unpaired) electrons. The summed E-state index contributed by atoms with van der Waals surface area (Å²) in [5.41, 5.74) is 2.35. The molecule has 7 nitrogen and oxygen atoms in total. The molecule has 0 aromatic heterocycles. The van der Waals surface area contributed by atoms with Crippen molar-refractivity contribution >= 4 is 15.9 Å². The molecule has 1 aliphatic rings. The number of hydrogen-bond donors (Lipinski definition) is 1.